The Bertz CT molecular complexity index is 966. The van der Waals surface area contributed by atoms with E-state index in [2.05, 4.69) is 10.3 Å². The van der Waals surface area contributed by atoms with Crippen LogP contribution < -0.4 is 10.2 Å². The number of carbonyl (C=O) groups is 1. The van der Waals surface area contributed by atoms with Gasteiger partial charge in [-0.2, -0.15) is 0 Å². The van der Waals surface area contributed by atoms with Crippen LogP contribution in [0.2, 0.25) is 0 Å². The van der Waals surface area contributed by atoms with Crippen LogP contribution in [-0.2, 0) is 9.84 Å². The van der Waals surface area contributed by atoms with Crippen LogP contribution in [0.3, 0.4) is 0 Å². The zero-order valence-electron chi connectivity index (χ0n) is 14.7. The van der Waals surface area contributed by atoms with Crippen molar-refractivity contribution in [2.75, 3.05) is 28.3 Å². The van der Waals surface area contributed by atoms with Gasteiger partial charge >= 0.3 is 0 Å². The molecule has 0 aliphatic carbocycles. The van der Waals surface area contributed by atoms with Gasteiger partial charge in [0, 0.05) is 30.4 Å². The Morgan fingerprint density at radius 2 is 2.07 bits per heavy atom. The monoisotopic (exact) mass is 395 g/mol. The van der Waals surface area contributed by atoms with Crippen LogP contribution in [-0.4, -0.2) is 43.4 Å². The summed E-state index contributed by atoms with van der Waals surface area (Å²) in [5, 5.41) is 2.40. The number of nitrogens with zero attached hydrogens (tertiary/aromatic N) is 2. The fourth-order valence-electron chi connectivity index (χ4n) is 3.13. The molecule has 1 fully saturated rings. The van der Waals surface area contributed by atoms with Gasteiger partial charge in [-0.1, -0.05) is 0 Å². The molecular formula is C18H19F2N3O3S. The molecule has 1 aliphatic rings. The van der Waals surface area contributed by atoms with Gasteiger partial charge in [-0.05, 0) is 37.6 Å². The van der Waals surface area contributed by atoms with E-state index in [4.69, 9.17) is 0 Å². The topological polar surface area (TPSA) is 79.4 Å². The van der Waals surface area contributed by atoms with E-state index in [1.807, 2.05) is 11.8 Å². The molecule has 1 aromatic carbocycles. The molecule has 2 aromatic rings. The predicted molar refractivity (Wildman–Crippen MR) is 98.6 cm³/mol. The molecule has 9 heteroatoms. The number of halogens is 2. The Balaban J connectivity index is 1.80. The molecule has 2 heterocycles. The van der Waals surface area contributed by atoms with Crippen molar-refractivity contribution in [3.63, 3.8) is 0 Å². The molecule has 0 radical (unpaired) electrons. The Labute approximate surface area is 156 Å². The lowest BCUT2D eigenvalue weighted by Gasteiger charge is -2.28. The highest BCUT2D eigenvalue weighted by Gasteiger charge is 2.32. The average Bonchev–Trinajstić information content (AvgIpc) is 2.98. The van der Waals surface area contributed by atoms with E-state index in [0.717, 1.165) is 12.1 Å². The molecular weight excluding hydrogens is 376 g/mol. The summed E-state index contributed by atoms with van der Waals surface area (Å²) >= 11 is 0. The minimum Gasteiger partial charge on any atom is -0.353 e. The highest BCUT2D eigenvalue weighted by Crippen LogP contribution is 2.24. The number of pyridine rings is 1. The smallest absolute Gasteiger partial charge is 0.255 e. The molecule has 27 heavy (non-hydrogen) atoms. The van der Waals surface area contributed by atoms with Crippen molar-refractivity contribution >= 4 is 27.2 Å². The fourth-order valence-corrected chi connectivity index (χ4v) is 4.86. The number of benzene rings is 1. The van der Waals surface area contributed by atoms with Gasteiger partial charge in [-0.25, -0.2) is 22.2 Å². The van der Waals surface area contributed by atoms with Gasteiger partial charge in [-0.15, -0.1) is 0 Å². The normalized spacial score (nSPS) is 18.3. The van der Waals surface area contributed by atoms with Crippen LogP contribution in [0.15, 0.2) is 36.5 Å². The number of anilines is 2. The van der Waals surface area contributed by atoms with Gasteiger partial charge < -0.3 is 10.2 Å². The molecule has 1 unspecified atom stereocenters. The van der Waals surface area contributed by atoms with Crippen LogP contribution in [0.25, 0.3) is 0 Å². The number of nitrogens with one attached hydrogen (secondary N) is 1. The number of hydrogen-bond acceptors (Lipinski definition) is 5. The minimum absolute atomic E-state index is 0.0553. The first-order chi connectivity index (χ1) is 12.8. The Morgan fingerprint density at radius 1 is 1.30 bits per heavy atom. The lowest BCUT2D eigenvalue weighted by molar-refractivity contribution is 0.102. The maximum Gasteiger partial charge on any atom is 0.255 e. The second-order valence-electron chi connectivity index (χ2n) is 6.32. The largest absolute Gasteiger partial charge is 0.353 e. The summed E-state index contributed by atoms with van der Waals surface area (Å²) in [5.41, 5.74) is 0.108. The molecule has 1 aliphatic heterocycles. The third-order valence-electron chi connectivity index (χ3n) is 4.47. The van der Waals surface area contributed by atoms with Crippen molar-refractivity contribution in [3.8, 4) is 0 Å². The fraction of sp³-hybridized carbons (Fsp3) is 0.333. The van der Waals surface area contributed by atoms with E-state index in [1.54, 1.807) is 0 Å². The first-order valence-electron chi connectivity index (χ1n) is 8.48. The van der Waals surface area contributed by atoms with Crippen molar-refractivity contribution in [2.24, 2.45) is 0 Å². The van der Waals surface area contributed by atoms with Crippen molar-refractivity contribution in [1.29, 1.82) is 0 Å². The van der Waals surface area contributed by atoms with Gasteiger partial charge in [0.2, 0.25) is 0 Å². The van der Waals surface area contributed by atoms with E-state index in [9.17, 15) is 22.0 Å². The zero-order chi connectivity index (χ0) is 19.6. The first-order valence-corrected chi connectivity index (χ1v) is 10.3. The maximum absolute atomic E-state index is 13.7. The van der Waals surface area contributed by atoms with Crippen LogP contribution in [0.1, 0.15) is 23.7 Å². The third kappa shape index (κ3) is 4.41. The first kappa shape index (κ1) is 19.2. The average molecular weight is 395 g/mol. The lowest BCUT2D eigenvalue weighted by Crippen LogP contribution is -2.36. The van der Waals surface area contributed by atoms with Crippen molar-refractivity contribution in [2.45, 2.75) is 19.4 Å². The summed E-state index contributed by atoms with van der Waals surface area (Å²) in [5.74, 6) is -1.50. The molecule has 0 bridgehead atoms. The van der Waals surface area contributed by atoms with E-state index in [-0.39, 0.29) is 28.8 Å². The Morgan fingerprint density at radius 3 is 2.70 bits per heavy atom. The SMILES string of the molecule is CCN(c1cc(C(=O)Nc2ccc(F)cc2F)ccn1)C1CCS(=O)(=O)C1. The molecule has 144 valence electrons. The number of amides is 1. The minimum atomic E-state index is -3.06. The third-order valence-corrected chi connectivity index (χ3v) is 6.22. The number of aromatic nitrogens is 1. The quantitative estimate of drug-likeness (QED) is 0.842. The van der Waals surface area contributed by atoms with Gasteiger partial charge in [0.1, 0.15) is 17.5 Å². The summed E-state index contributed by atoms with van der Waals surface area (Å²) in [6, 6.07) is 5.69. The number of rotatable bonds is 5. The summed E-state index contributed by atoms with van der Waals surface area (Å²) < 4.78 is 50.2. The Hall–Kier alpha value is -2.55. The van der Waals surface area contributed by atoms with Crippen LogP contribution >= 0.6 is 0 Å². The van der Waals surface area contributed by atoms with Gasteiger partial charge in [0.25, 0.3) is 5.91 Å². The van der Waals surface area contributed by atoms with Gasteiger partial charge in [0.05, 0.1) is 17.2 Å². The molecule has 6 nitrogen and oxygen atoms in total. The second-order valence-corrected chi connectivity index (χ2v) is 8.55. The van der Waals surface area contributed by atoms with E-state index in [1.165, 1.54) is 18.3 Å². The molecule has 1 amide bonds. The zero-order valence-corrected chi connectivity index (χ0v) is 15.5. The summed E-state index contributed by atoms with van der Waals surface area (Å²) in [6.07, 6.45) is 1.95. The van der Waals surface area contributed by atoms with E-state index >= 15 is 0 Å². The molecule has 0 saturated carbocycles. The number of carbonyl (C=O) groups excluding carboxylic acids is 1. The highest BCUT2D eigenvalue weighted by atomic mass is 32.2. The molecule has 1 aromatic heterocycles. The van der Waals surface area contributed by atoms with Crippen LogP contribution in [0.5, 0.6) is 0 Å². The van der Waals surface area contributed by atoms with Crippen molar-refractivity contribution in [1.82, 2.24) is 4.98 Å². The maximum atomic E-state index is 13.7. The predicted octanol–water partition coefficient (Wildman–Crippen LogP) is 2.63. The lowest BCUT2D eigenvalue weighted by atomic mass is 10.2. The van der Waals surface area contributed by atoms with Crippen LogP contribution in [0, 0.1) is 11.6 Å². The summed E-state index contributed by atoms with van der Waals surface area (Å²) in [4.78, 5) is 18.5. The van der Waals surface area contributed by atoms with Crippen LogP contribution in [0.4, 0.5) is 20.3 Å². The van der Waals surface area contributed by atoms with Crippen molar-refractivity contribution in [3.05, 3.63) is 53.7 Å². The molecule has 1 N–H and O–H groups in total. The molecule has 3 rings (SSSR count). The standard InChI is InChI=1S/C18H19F2N3O3S/c1-2-23(14-6-8-27(25,26)11-14)17-9-12(5-7-21-17)18(24)22-16-4-3-13(19)10-15(16)20/h3-5,7,9-10,14H,2,6,8,11H2,1H3,(H,22,24). The molecule has 0 spiro atoms. The number of hydrogen-bond donors (Lipinski definition) is 1. The summed E-state index contributed by atoms with van der Waals surface area (Å²) in [7, 11) is -3.06. The van der Waals surface area contributed by atoms with Crippen molar-refractivity contribution < 1.29 is 22.0 Å². The summed E-state index contributed by atoms with van der Waals surface area (Å²) in [6.45, 7) is 2.41. The second kappa shape index (κ2) is 7.59. The van der Waals surface area contributed by atoms with E-state index in [0.29, 0.717) is 24.8 Å². The highest BCUT2D eigenvalue weighted by molar-refractivity contribution is 7.91. The number of sulfone groups is 1. The van der Waals surface area contributed by atoms with E-state index < -0.39 is 27.4 Å². The molecule has 1 atom stereocenters. The molecule has 1 saturated heterocycles. The van der Waals surface area contributed by atoms with Gasteiger partial charge in [0.15, 0.2) is 9.84 Å². The Kier molecular flexibility index (Phi) is 5.41. The van der Waals surface area contributed by atoms with Gasteiger partial charge in [-0.3, -0.25) is 4.79 Å².